The molecule has 0 aromatic heterocycles. The Morgan fingerprint density at radius 2 is 1.93 bits per heavy atom. The molecule has 0 aliphatic rings. The first-order valence-corrected chi connectivity index (χ1v) is 5.54. The minimum Gasteiger partial charge on any atom is -0.481 e. The second kappa shape index (κ2) is 5.74. The van der Waals surface area contributed by atoms with Gasteiger partial charge in [0.2, 0.25) is 5.91 Å². The van der Waals surface area contributed by atoms with Crippen molar-refractivity contribution >= 4 is 22.7 Å². The smallest absolute Gasteiger partial charge is 0.304 e. The molecule has 5 nitrogen and oxygen atoms in total. The van der Waals surface area contributed by atoms with Crippen LogP contribution in [0.15, 0.2) is 0 Å². The van der Waals surface area contributed by atoms with Crippen LogP contribution < -0.4 is 0 Å². The van der Waals surface area contributed by atoms with Crippen LogP contribution in [0.4, 0.5) is 0 Å². The highest BCUT2D eigenvalue weighted by Crippen LogP contribution is 2.01. The van der Waals surface area contributed by atoms with Gasteiger partial charge in [-0.1, -0.05) is 0 Å². The third-order valence-electron chi connectivity index (χ3n) is 1.70. The van der Waals surface area contributed by atoms with E-state index in [9.17, 15) is 13.8 Å². The molecule has 0 aromatic carbocycles. The quantitative estimate of drug-likeness (QED) is 0.691. The van der Waals surface area contributed by atoms with Crippen LogP contribution in [-0.2, 0) is 20.4 Å². The molecule has 1 N–H and O–H groups in total. The van der Waals surface area contributed by atoms with Gasteiger partial charge in [-0.05, 0) is 6.92 Å². The second-order valence-electron chi connectivity index (χ2n) is 3.10. The van der Waals surface area contributed by atoms with Gasteiger partial charge in [-0.25, -0.2) is 0 Å². The van der Waals surface area contributed by atoms with Crippen molar-refractivity contribution in [3.8, 4) is 0 Å². The van der Waals surface area contributed by atoms with E-state index in [0.717, 1.165) is 0 Å². The van der Waals surface area contributed by atoms with Gasteiger partial charge in [-0.3, -0.25) is 13.8 Å². The minimum atomic E-state index is -1.41. The molecule has 0 bridgehead atoms. The van der Waals surface area contributed by atoms with Gasteiger partial charge < -0.3 is 10.0 Å². The Labute approximate surface area is 85.5 Å². The summed E-state index contributed by atoms with van der Waals surface area (Å²) in [5.74, 6) is -1.22. The van der Waals surface area contributed by atoms with E-state index >= 15 is 0 Å². The largest absolute Gasteiger partial charge is 0.481 e. The first kappa shape index (κ1) is 13.1. The van der Waals surface area contributed by atoms with Crippen LogP contribution in [0.3, 0.4) is 0 Å². The van der Waals surface area contributed by atoms with Crippen molar-refractivity contribution in [3.63, 3.8) is 0 Å². The lowest BCUT2D eigenvalue weighted by molar-refractivity contribution is -0.136. The number of rotatable bonds is 5. The molecule has 0 saturated heterocycles. The average Bonchev–Trinajstić information content (AvgIpc) is 2.11. The first-order valence-electron chi connectivity index (χ1n) is 4.16. The zero-order valence-corrected chi connectivity index (χ0v) is 9.34. The molecule has 0 heterocycles. The number of carboxylic acid groups (broad SMARTS) is 1. The van der Waals surface area contributed by atoms with Crippen LogP contribution in [-0.4, -0.2) is 51.2 Å². The van der Waals surface area contributed by atoms with E-state index in [0.29, 0.717) is 0 Å². The predicted octanol–water partition coefficient (Wildman–Crippen LogP) is -0.313. The summed E-state index contributed by atoms with van der Waals surface area (Å²) >= 11 is 0. The van der Waals surface area contributed by atoms with Gasteiger partial charge in [0.15, 0.2) is 0 Å². The van der Waals surface area contributed by atoms with E-state index < -0.39 is 22.0 Å². The fraction of sp³-hybridized carbons (Fsp3) is 0.750. The number of nitrogens with zero attached hydrogens (tertiary/aromatic N) is 1. The maximum atomic E-state index is 11.4. The lowest BCUT2D eigenvalue weighted by Gasteiger charge is -2.15. The van der Waals surface area contributed by atoms with Crippen LogP contribution in [0.1, 0.15) is 13.3 Å². The predicted molar refractivity (Wildman–Crippen MR) is 53.4 cm³/mol. The fourth-order valence-electron chi connectivity index (χ4n) is 0.841. The lowest BCUT2D eigenvalue weighted by atomic mass is 10.4. The Kier molecular flexibility index (Phi) is 5.37. The van der Waals surface area contributed by atoms with Crippen molar-refractivity contribution in [2.24, 2.45) is 0 Å². The van der Waals surface area contributed by atoms with E-state index in [1.807, 2.05) is 0 Å². The SMILES string of the molecule is CC(C(=O)N(C)C)S(=O)CCC(=O)O. The monoisotopic (exact) mass is 221 g/mol. The number of amides is 1. The van der Waals surface area contributed by atoms with Crippen molar-refractivity contribution in [2.75, 3.05) is 19.8 Å². The summed E-state index contributed by atoms with van der Waals surface area (Å²) in [5.41, 5.74) is 0. The van der Waals surface area contributed by atoms with Crippen LogP contribution in [0.2, 0.25) is 0 Å². The van der Waals surface area contributed by atoms with E-state index in [4.69, 9.17) is 5.11 Å². The zero-order chi connectivity index (χ0) is 11.3. The molecule has 14 heavy (non-hydrogen) atoms. The molecule has 6 heteroatoms. The summed E-state index contributed by atoms with van der Waals surface area (Å²) < 4.78 is 11.4. The summed E-state index contributed by atoms with van der Waals surface area (Å²) in [6, 6.07) is 0. The van der Waals surface area contributed by atoms with Crippen LogP contribution >= 0.6 is 0 Å². The number of carbonyl (C=O) groups excluding carboxylic acids is 1. The molecule has 0 fully saturated rings. The van der Waals surface area contributed by atoms with Crippen LogP contribution in [0, 0.1) is 0 Å². The molecule has 1 amide bonds. The lowest BCUT2D eigenvalue weighted by Crippen LogP contribution is -2.35. The summed E-state index contributed by atoms with van der Waals surface area (Å²) in [7, 11) is 1.75. The zero-order valence-electron chi connectivity index (χ0n) is 8.52. The molecule has 0 rings (SSSR count). The van der Waals surface area contributed by atoms with Gasteiger partial charge in [0.05, 0.1) is 6.42 Å². The van der Waals surface area contributed by atoms with Gasteiger partial charge in [0, 0.05) is 30.6 Å². The molecule has 82 valence electrons. The standard InChI is InChI=1S/C8H15NO4S/c1-6(8(12)9(2)3)14(13)5-4-7(10)11/h6H,4-5H2,1-3H3,(H,10,11). The maximum absolute atomic E-state index is 11.4. The van der Waals surface area contributed by atoms with Gasteiger partial charge >= 0.3 is 5.97 Å². The summed E-state index contributed by atoms with van der Waals surface area (Å²) in [6.45, 7) is 1.54. The third kappa shape index (κ3) is 4.36. The van der Waals surface area contributed by atoms with Crippen LogP contribution in [0.25, 0.3) is 0 Å². The van der Waals surface area contributed by atoms with Crippen molar-refractivity contribution < 1.29 is 18.9 Å². The molecule has 2 atom stereocenters. The molecule has 0 aliphatic heterocycles. The molecule has 0 aliphatic carbocycles. The second-order valence-corrected chi connectivity index (χ2v) is 4.98. The van der Waals surface area contributed by atoms with Gasteiger partial charge in [0.25, 0.3) is 0 Å². The topological polar surface area (TPSA) is 74.7 Å². The van der Waals surface area contributed by atoms with E-state index in [2.05, 4.69) is 0 Å². The Balaban J connectivity index is 4.12. The molecule has 0 radical (unpaired) electrons. The van der Waals surface area contributed by atoms with Gasteiger partial charge in [-0.15, -0.1) is 0 Å². The number of aliphatic carboxylic acids is 1. The Morgan fingerprint density at radius 1 is 1.43 bits per heavy atom. The molecule has 2 unspecified atom stereocenters. The summed E-state index contributed by atoms with van der Waals surface area (Å²) in [5, 5.41) is 7.73. The third-order valence-corrected chi connectivity index (χ3v) is 3.30. The normalized spacial score (nSPS) is 14.5. The fourth-order valence-corrected chi connectivity index (χ4v) is 2.01. The molecular formula is C8H15NO4S. The van der Waals surface area contributed by atoms with E-state index in [-0.39, 0.29) is 18.1 Å². The Morgan fingerprint density at radius 3 is 2.29 bits per heavy atom. The van der Waals surface area contributed by atoms with Crippen molar-refractivity contribution in [1.82, 2.24) is 4.90 Å². The number of hydrogen-bond acceptors (Lipinski definition) is 3. The number of carbonyl (C=O) groups is 2. The highest BCUT2D eigenvalue weighted by molar-refractivity contribution is 7.86. The molecular weight excluding hydrogens is 206 g/mol. The first-order chi connectivity index (χ1) is 6.36. The van der Waals surface area contributed by atoms with E-state index in [1.165, 1.54) is 4.90 Å². The molecule has 0 spiro atoms. The summed E-state index contributed by atoms with van der Waals surface area (Å²) in [6.07, 6.45) is -0.169. The minimum absolute atomic E-state index is 0.0239. The molecule has 0 saturated carbocycles. The summed E-state index contributed by atoms with van der Waals surface area (Å²) in [4.78, 5) is 22.9. The van der Waals surface area contributed by atoms with Crippen molar-refractivity contribution in [2.45, 2.75) is 18.6 Å². The average molecular weight is 221 g/mol. The highest BCUT2D eigenvalue weighted by atomic mass is 32.2. The number of hydrogen-bond donors (Lipinski definition) is 1. The van der Waals surface area contributed by atoms with Crippen molar-refractivity contribution in [3.05, 3.63) is 0 Å². The van der Waals surface area contributed by atoms with E-state index in [1.54, 1.807) is 21.0 Å². The van der Waals surface area contributed by atoms with Gasteiger partial charge in [0.1, 0.15) is 5.25 Å². The highest BCUT2D eigenvalue weighted by Gasteiger charge is 2.21. The van der Waals surface area contributed by atoms with Gasteiger partial charge in [-0.2, -0.15) is 0 Å². The van der Waals surface area contributed by atoms with Crippen LogP contribution in [0.5, 0.6) is 0 Å². The van der Waals surface area contributed by atoms with Crippen molar-refractivity contribution in [1.29, 1.82) is 0 Å². The molecule has 0 aromatic rings. The maximum Gasteiger partial charge on any atom is 0.304 e. The Hall–Kier alpha value is -0.910. The number of carboxylic acids is 1. The Bertz CT molecular complexity index is 252.